The van der Waals surface area contributed by atoms with Crippen LogP contribution in [0, 0.1) is 0 Å². The minimum absolute atomic E-state index is 0.0939. The summed E-state index contributed by atoms with van der Waals surface area (Å²) < 4.78 is 12.8. The van der Waals surface area contributed by atoms with Crippen molar-refractivity contribution in [2.24, 2.45) is 0 Å². The molecule has 2 aliphatic rings. The quantitative estimate of drug-likeness (QED) is 0.448. The molecule has 0 unspecified atom stereocenters. The van der Waals surface area contributed by atoms with Crippen molar-refractivity contribution in [3.05, 3.63) is 102 Å². The molecule has 1 aliphatic heterocycles. The van der Waals surface area contributed by atoms with Crippen molar-refractivity contribution in [2.75, 3.05) is 40.4 Å². The van der Waals surface area contributed by atoms with Crippen LogP contribution in [0.1, 0.15) is 18.7 Å². The minimum atomic E-state index is 0.0939. The van der Waals surface area contributed by atoms with Crippen molar-refractivity contribution in [2.45, 2.75) is 19.3 Å². The molecule has 2 heterocycles. The van der Waals surface area contributed by atoms with Crippen LogP contribution in [-0.2, 0) is 16.0 Å². The summed E-state index contributed by atoms with van der Waals surface area (Å²) in [4.78, 5) is 22.6. The number of ether oxygens (including phenoxy) is 2. The summed E-state index contributed by atoms with van der Waals surface area (Å²) in [6, 6.07) is 17.9. The lowest BCUT2D eigenvalue weighted by Crippen LogP contribution is -2.48. The van der Waals surface area contributed by atoms with Crippen molar-refractivity contribution >= 4 is 5.91 Å². The number of hydrogen-bond donors (Lipinski definition) is 0. The van der Waals surface area contributed by atoms with Crippen LogP contribution < -0.4 is 4.74 Å². The van der Waals surface area contributed by atoms with E-state index in [1.165, 1.54) is 5.70 Å². The lowest BCUT2D eigenvalue weighted by Gasteiger charge is -2.37. The van der Waals surface area contributed by atoms with Gasteiger partial charge in [-0.3, -0.25) is 4.79 Å². The molecule has 196 valence electrons. The van der Waals surface area contributed by atoms with Gasteiger partial charge in [0.15, 0.2) is 0 Å². The van der Waals surface area contributed by atoms with E-state index in [0.717, 1.165) is 60.2 Å². The van der Waals surface area contributed by atoms with Gasteiger partial charge >= 0.3 is 0 Å². The fraction of sp³-hybridized carbons (Fsp3) is 0.290. The van der Waals surface area contributed by atoms with Gasteiger partial charge in [0.05, 0.1) is 26.3 Å². The first kappa shape index (κ1) is 25.4. The Labute approximate surface area is 224 Å². The van der Waals surface area contributed by atoms with Gasteiger partial charge in [-0.2, -0.15) is 0 Å². The Balaban J connectivity index is 1.31. The summed E-state index contributed by atoms with van der Waals surface area (Å²) in [7, 11) is 3.35. The SMILES string of the molecule is COC1=CC(N2CCN(C(=O)Cc3nc(-c4ccc(OC)cc4)cn3-c3ccccc3)CC2)=CCCC=C1. The van der Waals surface area contributed by atoms with E-state index in [0.29, 0.717) is 13.1 Å². The Hall–Kier alpha value is -4.26. The summed E-state index contributed by atoms with van der Waals surface area (Å²) in [5.41, 5.74) is 3.96. The Morgan fingerprint density at radius 3 is 2.39 bits per heavy atom. The maximum Gasteiger partial charge on any atom is 0.230 e. The molecule has 1 aliphatic carbocycles. The first-order chi connectivity index (χ1) is 18.6. The Bertz CT molecular complexity index is 1330. The van der Waals surface area contributed by atoms with Crippen LogP contribution in [0.25, 0.3) is 16.9 Å². The third-order valence-electron chi connectivity index (χ3n) is 7.00. The normalized spacial score (nSPS) is 15.8. The number of piperazine rings is 1. The Morgan fingerprint density at radius 1 is 0.921 bits per heavy atom. The number of aromatic nitrogens is 2. The molecule has 0 saturated carbocycles. The van der Waals surface area contributed by atoms with Crippen LogP contribution >= 0.6 is 0 Å². The van der Waals surface area contributed by atoms with Crippen LogP contribution in [0.3, 0.4) is 0 Å². The zero-order valence-corrected chi connectivity index (χ0v) is 22.0. The molecule has 5 rings (SSSR count). The summed E-state index contributed by atoms with van der Waals surface area (Å²) in [5, 5.41) is 0. The number of nitrogens with zero attached hydrogens (tertiary/aromatic N) is 4. The number of imidazole rings is 1. The zero-order chi connectivity index (χ0) is 26.3. The number of methoxy groups -OCH3 is 2. The van der Waals surface area contributed by atoms with Crippen molar-refractivity contribution in [1.82, 2.24) is 19.4 Å². The third-order valence-corrected chi connectivity index (χ3v) is 7.00. The summed E-state index contributed by atoms with van der Waals surface area (Å²) in [5.74, 6) is 2.48. The van der Waals surface area contributed by atoms with Crippen molar-refractivity contribution in [3.63, 3.8) is 0 Å². The number of allylic oxidation sites excluding steroid dienone is 4. The number of benzene rings is 2. The second-order valence-corrected chi connectivity index (χ2v) is 9.38. The molecule has 1 aromatic heterocycles. The molecular weight excluding hydrogens is 476 g/mol. The molecule has 3 aromatic rings. The highest BCUT2D eigenvalue weighted by atomic mass is 16.5. The number of para-hydroxylation sites is 1. The van der Waals surface area contributed by atoms with Gasteiger partial charge in [0.1, 0.15) is 17.3 Å². The third kappa shape index (κ3) is 5.83. The molecule has 7 nitrogen and oxygen atoms in total. The summed E-state index contributed by atoms with van der Waals surface area (Å²) in [6.07, 6.45) is 12.8. The summed E-state index contributed by atoms with van der Waals surface area (Å²) >= 11 is 0. The number of carbonyl (C=O) groups excluding carboxylic acids is 1. The van der Waals surface area contributed by atoms with E-state index < -0.39 is 0 Å². The maximum atomic E-state index is 13.4. The predicted molar refractivity (Wildman–Crippen MR) is 149 cm³/mol. The molecule has 0 bridgehead atoms. The van der Waals surface area contributed by atoms with Crippen LogP contribution in [0.2, 0.25) is 0 Å². The van der Waals surface area contributed by atoms with Crippen molar-refractivity contribution in [3.8, 4) is 22.7 Å². The van der Waals surface area contributed by atoms with Gasteiger partial charge in [0.25, 0.3) is 0 Å². The van der Waals surface area contributed by atoms with E-state index in [4.69, 9.17) is 14.5 Å². The average Bonchev–Trinajstić information content (AvgIpc) is 3.37. The first-order valence-electron chi connectivity index (χ1n) is 13.1. The van der Waals surface area contributed by atoms with Gasteiger partial charge in [-0.25, -0.2) is 4.98 Å². The Kier molecular flexibility index (Phi) is 7.92. The molecular formula is C31H34N4O3. The largest absolute Gasteiger partial charge is 0.497 e. The Morgan fingerprint density at radius 2 is 1.68 bits per heavy atom. The van der Waals surface area contributed by atoms with Crippen LogP contribution in [-0.4, -0.2) is 65.7 Å². The molecule has 38 heavy (non-hydrogen) atoms. The second kappa shape index (κ2) is 11.9. The molecule has 7 heteroatoms. The fourth-order valence-corrected chi connectivity index (χ4v) is 4.84. The van der Waals surface area contributed by atoms with Crippen molar-refractivity contribution < 1.29 is 14.3 Å². The smallest absolute Gasteiger partial charge is 0.230 e. The first-order valence-corrected chi connectivity index (χ1v) is 13.1. The van der Waals surface area contributed by atoms with E-state index in [9.17, 15) is 4.79 Å². The van der Waals surface area contributed by atoms with E-state index in [1.807, 2.05) is 76.3 Å². The topological polar surface area (TPSA) is 59.8 Å². The van der Waals surface area contributed by atoms with Gasteiger partial charge in [0, 0.05) is 55.4 Å². The monoisotopic (exact) mass is 510 g/mol. The second-order valence-electron chi connectivity index (χ2n) is 9.38. The van der Waals surface area contributed by atoms with Crippen LogP contribution in [0.5, 0.6) is 5.75 Å². The minimum Gasteiger partial charge on any atom is -0.497 e. The molecule has 1 amide bonds. The molecule has 0 spiro atoms. The molecule has 1 fully saturated rings. The molecule has 0 radical (unpaired) electrons. The number of carbonyl (C=O) groups is 1. The lowest BCUT2D eigenvalue weighted by atomic mass is 10.1. The van der Waals surface area contributed by atoms with Gasteiger partial charge in [-0.15, -0.1) is 0 Å². The molecule has 2 aromatic carbocycles. The van der Waals surface area contributed by atoms with Gasteiger partial charge in [-0.1, -0.05) is 30.4 Å². The lowest BCUT2D eigenvalue weighted by molar-refractivity contribution is -0.132. The number of hydrogen-bond acceptors (Lipinski definition) is 5. The highest BCUT2D eigenvalue weighted by molar-refractivity contribution is 5.78. The molecule has 0 N–H and O–H groups in total. The van der Waals surface area contributed by atoms with E-state index >= 15 is 0 Å². The van der Waals surface area contributed by atoms with Gasteiger partial charge in [-0.05, 0) is 55.3 Å². The average molecular weight is 511 g/mol. The molecule has 1 saturated heterocycles. The van der Waals surface area contributed by atoms with Crippen molar-refractivity contribution in [1.29, 1.82) is 0 Å². The van der Waals surface area contributed by atoms with E-state index in [-0.39, 0.29) is 12.3 Å². The number of rotatable bonds is 7. The maximum absolute atomic E-state index is 13.4. The van der Waals surface area contributed by atoms with E-state index in [2.05, 4.69) is 23.1 Å². The highest BCUT2D eigenvalue weighted by Gasteiger charge is 2.24. The summed E-state index contributed by atoms with van der Waals surface area (Å²) in [6.45, 7) is 2.94. The zero-order valence-electron chi connectivity index (χ0n) is 22.0. The van der Waals surface area contributed by atoms with Crippen LogP contribution in [0.4, 0.5) is 0 Å². The fourth-order valence-electron chi connectivity index (χ4n) is 4.84. The van der Waals surface area contributed by atoms with Gasteiger partial charge < -0.3 is 23.8 Å². The van der Waals surface area contributed by atoms with E-state index in [1.54, 1.807) is 14.2 Å². The van der Waals surface area contributed by atoms with Crippen LogP contribution in [0.15, 0.2) is 96.6 Å². The predicted octanol–water partition coefficient (Wildman–Crippen LogP) is 5.00. The molecule has 0 atom stereocenters. The van der Waals surface area contributed by atoms with Gasteiger partial charge in [0.2, 0.25) is 5.91 Å². The standard InChI is InChI=1S/C31H34N4O3/c1-37-27-15-13-24(14-16-27)29-23-35(25-9-5-3-6-10-25)30(32-29)22-31(36)34-19-17-33(18-20-34)26-11-7-4-8-12-28(21-26)38-2/h3,5-6,8-16,21,23H,4,7,17-20,22H2,1-2H3. The highest BCUT2D eigenvalue weighted by Crippen LogP contribution is 2.25. The number of amides is 1.